The van der Waals surface area contributed by atoms with Crippen molar-refractivity contribution in [3.05, 3.63) is 158 Å². The smallest absolute Gasteiger partial charge is 0.238 e. The zero-order valence-corrected chi connectivity index (χ0v) is 26.5. The number of para-hydroxylation sites is 1. The van der Waals surface area contributed by atoms with Crippen LogP contribution in [-0.4, -0.2) is 15.0 Å². The highest BCUT2D eigenvalue weighted by molar-refractivity contribution is 7.25. The molecule has 4 nitrogen and oxygen atoms in total. The van der Waals surface area contributed by atoms with Crippen molar-refractivity contribution >= 4 is 59.6 Å². The quantitative estimate of drug-likeness (QED) is 0.194. The van der Waals surface area contributed by atoms with E-state index in [1.54, 1.807) is 11.3 Å². The highest BCUT2D eigenvalue weighted by Crippen LogP contribution is 2.50. The zero-order chi connectivity index (χ0) is 31.6. The third-order valence-electron chi connectivity index (χ3n) is 9.25. The third-order valence-corrected chi connectivity index (χ3v) is 10.4. The summed E-state index contributed by atoms with van der Waals surface area (Å²) in [5, 5.41) is 4.76. The number of hydrogen-bond donors (Lipinski definition) is 0. The van der Waals surface area contributed by atoms with Gasteiger partial charge in [0, 0.05) is 42.2 Å². The van der Waals surface area contributed by atoms with Gasteiger partial charge in [-0.3, -0.25) is 4.90 Å². The summed E-state index contributed by atoms with van der Waals surface area (Å²) in [6.45, 7) is 0. The minimum Gasteiger partial charge on any atom is -0.278 e. The lowest BCUT2D eigenvalue weighted by molar-refractivity contribution is 1.03. The molecule has 224 valence electrons. The van der Waals surface area contributed by atoms with Crippen molar-refractivity contribution in [1.82, 2.24) is 15.0 Å². The van der Waals surface area contributed by atoms with Crippen LogP contribution < -0.4 is 4.90 Å². The molecule has 48 heavy (non-hydrogen) atoms. The van der Waals surface area contributed by atoms with Crippen LogP contribution in [0.1, 0.15) is 0 Å². The normalized spacial score (nSPS) is 12.1. The summed E-state index contributed by atoms with van der Waals surface area (Å²) in [6, 6.07) is 55.5. The van der Waals surface area contributed by atoms with Gasteiger partial charge in [-0.1, -0.05) is 127 Å². The van der Waals surface area contributed by atoms with Gasteiger partial charge in [0.25, 0.3) is 0 Å². The second kappa shape index (κ2) is 10.7. The number of fused-ring (bicyclic) bond motifs is 5. The van der Waals surface area contributed by atoms with E-state index in [4.69, 9.17) is 15.0 Å². The predicted octanol–water partition coefficient (Wildman–Crippen LogP) is 11.8. The van der Waals surface area contributed by atoms with Crippen molar-refractivity contribution in [2.75, 3.05) is 4.90 Å². The Balaban J connectivity index is 1.27. The molecule has 1 aliphatic heterocycles. The highest BCUT2D eigenvalue weighted by atomic mass is 32.1. The molecule has 3 heterocycles. The number of nitrogens with zero attached hydrogens (tertiary/aromatic N) is 4. The standard InChI is InChI=1S/C43H26N4S/c1-2-12-27(13-3-1)29-16-8-17-30(26-29)41-44-42(34-21-11-25-38-40(34)33-19-5-7-24-37(33)48-38)46-43(45-41)47-35-22-6-4-18-31(35)32-20-9-14-28-15-10-23-36(47)39(28)32/h1-26H. The second-order valence-corrected chi connectivity index (χ2v) is 13.1. The number of thiophene rings is 1. The summed E-state index contributed by atoms with van der Waals surface area (Å²) in [5.41, 5.74) is 8.68. The minimum absolute atomic E-state index is 0.589. The molecule has 9 aromatic rings. The van der Waals surface area contributed by atoms with Crippen LogP contribution in [0.15, 0.2) is 158 Å². The summed E-state index contributed by atoms with van der Waals surface area (Å²) in [5.74, 6) is 1.87. The summed E-state index contributed by atoms with van der Waals surface area (Å²) in [7, 11) is 0. The summed E-state index contributed by atoms with van der Waals surface area (Å²) < 4.78 is 2.46. The van der Waals surface area contributed by atoms with Crippen LogP contribution in [0.4, 0.5) is 17.3 Å². The first-order valence-electron chi connectivity index (χ1n) is 16.0. The molecule has 0 unspecified atom stereocenters. The second-order valence-electron chi connectivity index (χ2n) is 12.0. The largest absolute Gasteiger partial charge is 0.278 e. The van der Waals surface area contributed by atoms with Crippen LogP contribution in [0, 0.1) is 0 Å². The molecule has 0 fully saturated rings. The predicted molar refractivity (Wildman–Crippen MR) is 200 cm³/mol. The number of aromatic nitrogens is 3. The lowest BCUT2D eigenvalue weighted by Crippen LogP contribution is -2.18. The van der Waals surface area contributed by atoms with Gasteiger partial charge in [0.05, 0.1) is 11.4 Å². The topological polar surface area (TPSA) is 41.9 Å². The van der Waals surface area contributed by atoms with Crippen molar-refractivity contribution in [2.24, 2.45) is 0 Å². The van der Waals surface area contributed by atoms with Gasteiger partial charge in [-0.05, 0) is 52.4 Å². The van der Waals surface area contributed by atoms with Gasteiger partial charge in [-0.15, -0.1) is 11.3 Å². The molecule has 0 saturated heterocycles. The SMILES string of the molecule is c1ccc(-c2cccc(-c3nc(-c4cccc5sc6ccccc6c45)nc(N4c5ccccc5-c5cccc6cccc4c56)n3)c2)cc1. The molecule has 0 N–H and O–H groups in total. The van der Waals surface area contributed by atoms with E-state index in [-0.39, 0.29) is 0 Å². The Morgan fingerprint density at radius 2 is 1.06 bits per heavy atom. The fourth-order valence-electron chi connectivity index (χ4n) is 7.12. The summed E-state index contributed by atoms with van der Waals surface area (Å²) >= 11 is 1.80. The van der Waals surface area contributed by atoms with Gasteiger partial charge in [0.1, 0.15) is 0 Å². The molecule has 10 rings (SSSR count). The van der Waals surface area contributed by atoms with Crippen LogP contribution in [0.2, 0.25) is 0 Å². The Hall–Kier alpha value is -6.17. The van der Waals surface area contributed by atoms with Crippen LogP contribution in [0.25, 0.3) is 76.0 Å². The van der Waals surface area contributed by atoms with Gasteiger partial charge in [0.2, 0.25) is 5.95 Å². The van der Waals surface area contributed by atoms with Gasteiger partial charge in [-0.2, -0.15) is 9.97 Å². The van der Waals surface area contributed by atoms with E-state index >= 15 is 0 Å². The fourth-order valence-corrected chi connectivity index (χ4v) is 8.25. The first-order chi connectivity index (χ1) is 23.8. The highest BCUT2D eigenvalue weighted by Gasteiger charge is 2.28. The van der Waals surface area contributed by atoms with E-state index in [9.17, 15) is 0 Å². The maximum Gasteiger partial charge on any atom is 0.238 e. The lowest BCUT2D eigenvalue weighted by atomic mass is 9.91. The Morgan fingerprint density at radius 1 is 0.417 bits per heavy atom. The molecule has 0 bridgehead atoms. The van der Waals surface area contributed by atoms with Crippen LogP contribution in [0.3, 0.4) is 0 Å². The Labute approximate surface area is 281 Å². The molecule has 0 atom stereocenters. The Bertz CT molecular complexity index is 2690. The van der Waals surface area contributed by atoms with Crippen molar-refractivity contribution in [2.45, 2.75) is 0 Å². The van der Waals surface area contributed by atoms with Crippen molar-refractivity contribution in [1.29, 1.82) is 0 Å². The molecule has 2 aromatic heterocycles. The monoisotopic (exact) mass is 630 g/mol. The molecule has 0 aliphatic carbocycles. The molecule has 0 saturated carbocycles. The van der Waals surface area contributed by atoms with Gasteiger partial charge < -0.3 is 0 Å². The molecule has 0 radical (unpaired) electrons. The average molecular weight is 631 g/mol. The maximum absolute atomic E-state index is 5.34. The zero-order valence-electron chi connectivity index (χ0n) is 25.7. The number of anilines is 3. The molecule has 7 aromatic carbocycles. The molecule has 0 amide bonds. The van der Waals surface area contributed by atoms with Crippen LogP contribution >= 0.6 is 11.3 Å². The fraction of sp³-hybridized carbons (Fsp3) is 0. The molecule has 1 aliphatic rings. The Kier molecular flexibility index (Phi) is 6.01. The number of hydrogen-bond acceptors (Lipinski definition) is 5. The van der Waals surface area contributed by atoms with Crippen molar-refractivity contribution in [3.8, 4) is 45.0 Å². The number of rotatable bonds is 4. The van der Waals surface area contributed by atoms with Gasteiger partial charge in [-0.25, -0.2) is 4.98 Å². The van der Waals surface area contributed by atoms with Crippen molar-refractivity contribution in [3.63, 3.8) is 0 Å². The third kappa shape index (κ3) is 4.18. The van der Waals surface area contributed by atoms with E-state index in [0.29, 0.717) is 17.6 Å². The van der Waals surface area contributed by atoms with E-state index in [1.165, 1.54) is 36.5 Å². The first-order valence-corrected chi connectivity index (χ1v) is 16.9. The summed E-state index contributed by atoms with van der Waals surface area (Å²) in [4.78, 5) is 18.1. The Morgan fingerprint density at radius 3 is 2.00 bits per heavy atom. The molecular formula is C43H26N4S. The van der Waals surface area contributed by atoms with Crippen LogP contribution in [0.5, 0.6) is 0 Å². The van der Waals surface area contributed by atoms with E-state index in [0.717, 1.165) is 39.2 Å². The van der Waals surface area contributed by atoms with Gasteiger partial charge >= 0.3 is 0 Å². The molecule has 0 spiro atoms. The minimum atomic E-state index is 0.589. The molecular weight excluding hydrogens is 605 g/mol. The lowest BCUT2D eigenvalue weighted by Gasteiger charge is -2.32. The van der Waals surface area contributed by atoms with Crippen LogP contribution in [-0.2, 0) is 0 Å². The van der Waals surface area contributed by atoms with E-state index in [1.807, 2.05) is 6.07 Å². The maximum atomic E-state index is 5.34. The summed E-state index contributed by atoms with van der Waals surface area (Å²) in [6.07, 6.45) is 0. The first kappa shape index (κ1) is 27.0. The number of benzene rings is 7. The van der Waals surface area contributed by atoms with E-state index < -0.39 is 0 Å². The van der Waals surface area contributed by atoms with Gasteiger partial charge in [0.15, 0.2) is 11.6 Å². The van der Waals surface area contributed by atoms with E-state index in [2.05, 4.69) is 157 Å². The van der Waals surface area contributed by atoms with Crippen molar-refractivity contribution < 1.29 is 0 Å². The average Bonchev–Trinajstić information content (AvgIpc) is 3.54. The molecule has 5 heteroatoms.